The third-order valence-corrected chi connectivity index (χ3v) is 4.26. The highest BCUT2D eigenvalue weighted by atomic mass is 16.5. The molecule has 0 fully saturated rings. The van der Waals surface area contributed by atoms with Gasteiger partial charge >= 0.3 is 0 Å². The third kappa shape index (κ3) is 3.40. The summed E-state index contributed by atoms with van der Waals surface area (Å²) in [6.45, 7) is 2.36. The fourth-order valence-electron chi connectivity index (χ4n) is 2.85. The van der Waals surface area contributed by atoms with Crippen LogP contribution in [0.3, 0.4) is 0 Å². The first-order valence-electron chi connectivity index (χ1n) is 8.25. The van der Waals surface area contributed by atoms with Gasteiger partial charge in [-0.25, -0.2) is 0 Å². The summed E-state index contributed by atoms with van der Waals surface area (Å²) < 4.78 is 11.2. The number of aromatic nitrogens is 1. The minimum atomic E-state index is 0.0615. The molecule has 0 bridgehead atoms. The van der Waals surface area contributed by atoms with Crippen LogP contribution in [-0.2, 0) is 17.8 Å². The first-order valence-corrected chi connectivity index (χ1v) is 8.25. The second-order valence-corrected chi connectivity index (χ2v) is 6.20. The van der Waals surface area contributed by atoms with Gasteiger partial charge in [0, 0.05) is 23.7 Å². The molecular formula is C20H18N2O3. The number of amides is 1. The molecule has 2 heterocycles. The van der Waals surface area contributed by atoms with Crippen molar-refractivity contribution in [2.75, 3.05) is 5.32 Å². The zero-order valence-electron chi connectivity index (χ0n) is 13.9. The van der Waals surface area contributed by atoms with Crippen LogP contribution >= 0.6 is 0 Å². The molecule has 0 unspecified atom stereocenters. The Bertz CT molecular complexity index is 913. The number of rotatable bonds is 4. The monoisotopic (exact) mass is 334 g/mol. The predicted molar refractivity (Wildman–Crippen MR) is 94.4 cm³/mol. The van der Waals surface area contributed by atoms with Crippen LogP contribution in [0.2, 0.25) is 0 Å². The Morgan fingerprint density at radius 1 is 1.12 bits per heavy atom. The fraction of sp³-hybridized carbons (Fsp3) is 0.200. The Labute approximate surface area is 145 Å². The lowest BCUT2D eigenvalue weighted by atomic mass is 10.0. The van der Waals surface area contributed by atoms with E-state index >= 15 is 0 Å². The second kappa shape index (κ2) is 6.43. The maximum absolute atomic E-state index is 11.4. The van der Waals surface area contributed by atoms with E-state index in [0.717, 1.165) is 34.7 Å². The van der Waals surface area contributed by atoms with E-state index in [0.29, 0.717) is 18.8 Å². The third-order valence-electron chi connectivity index (χ3n) is 4.26. The molecule has 5 nitrogen and oxygen atoms in total. The molecule has 5 heteroatoms. The number of hydrogen-bond acceptors (Lipinski definition) is 4. The van der Waals surface area contributed by atoms with E-state index in [9.17, 15) is 4.79 Å². The first kappa shape index (κ1) is 15.4. The molecule has 1 aliphatic heterocycles. The number of anilines is 1. The van der Waals surface area contributed by atoms with Crippen molar-refractivity contribution in [1.29, 1.82) is 0 Å². The number of nitrogens with zero attached hydrogens (tertiary/aromatic N) is 1. The molecule has 1 N–H and O–H groups in total. The van der Waals surface area contributed by atoms with E-state index in [1.807, 2.05) is 48.5 Å². The van der Waals surface area contributed by atoms with Crippen LogP contribution in [0, 0.1) is 6.92 Å². The number of hydrogen-bond donors (Lipinski definition) is 1. The SMILES string of the molecule is Cc1ccc(-c2cc(COc3ccc4c(c3)CCC(=O)N4)on2)cc1. The standard InChI is InChI=1S/C20H18N2O3/c1-13-2-4-14(5-3-13)19-11-17(25-22-19)12-24-16-7-8-18-15(10-16)6-9-20(23)21-18/h2-5,7-8,10-11H,6,9,12H2,1H3,(H,21,23). The van der Waals surface area contributed by atoms with E-state index in [1.165, 1.54) is 5.56 Å². The van der Waals surface area contributed by atoms with E-state index in [2.05, 4.69) is 17.4 Å². The molecule has 0 saturated carbocycles. The molecule has 2 aromatic carbocycles. The number of ether oxygens (including phenoxy) is 1. The van der Waals surface area contributed by atoms with Gasteiger partial charge < -0.3 is 14.6 Å². The van der Waals surface area contributed by atoms with Gasteiger partial charge in [0.15, 0.2) is 5.76 Å². The summed E-state index contributed by atoms with van der Waals surface area (Å²) in [6.07, 6.45) is 1.25. The van der Waals surface area contributed by atoms with Crippen LogP contribution in [0.1, 0.15) is 23.3 Å². The van der Waals surface area contributed by atoms with E-state index in [-0.39, 0.29) is 5.91 Å². The van der Waals surface area contributed by atoms with E-state index < -0.39 is 0 Å². The van der Waals surface area contributed by atoms with Gasteiger partial charge in [-0.3, -0.25) is 4.79 Å². The average Bonchev–Trinajstić information content (AvgIpc) is 3.09. The highest BCUT2D eigenvalue weighted by Crippen LogP contribution is 2.27. The van der Waals surface area contributed by atoms with E-state index in [4.69, 9.17) is 9.26 Å². The summed E-state index contributed by atoms with van der Waals surface area (Å²) in [5, 5.41) is 6.97. The van der Waals surface area contributed by atoms with Gasteiger partial charge in [0.1, 0.15) is 18.1 Å². The molecule has 1 aromatic heterocycles. The molecular weight excluding hydrogens is 316 g/mol. The van der Waals surface area contributed by atoms with Crippen LogP contribution < -0.4 is 10.1 Å². The quantitative estimate of drug-likeness (QED) is 0.780. The summed E-state index contributed by atoms with van der Waals surface area (Å²) >= 11 is 0. The Kier molecular flexibility index (Phi) is 3.98. The lowest BCUT2D eigenvalue weighted by molar-refractivity contribution is -0.116. The van der Waals surface area contributed by atoms with Crippen molar-refractivity contribution in [3.05, 3.63) is 65.4 Å². The lowest BCUT2D eigenvalue weighted by Gasteiger charge is -2.17. The van der Waals surface area contributed by atoms with Crippen LogP contribution in [0.15, 0.2) is 53.1 Å². The smallest absolute Gasteiger partial charge is 0.224 e. The van der Waals surface area contributed by atoms with Gasteiger partial charge in [0.05, 0.1) is 0 Å². The molecule has 126 valence electrons. The molecule has 4 rings (SSSR count). The van der Waals surface area contributed by atoms with Crippen molar-refractivity contribution in [1.82, 2.24) is 5.16 Å². The Morgan fingerprint density at radius 3 is 2.80 bits per heavy atom. The molecule has 1 amide bonds. The van der Waals surface area contributed by atoms with Gasteiger partial charge in [0.25, 0.3) is 0 Å². The Balaban J connectivity index is 1.44. The minimum absolute atomic E-state index is 0.0615. The fourth-order valence-corrected chi connectivity index (χ4v) is 2.85. The summed E-state index contributed by atoms with van der Waals surface area (Å²) in [4.78, 5) is 11.4. The zero-order chi connectivity index (χ0) is 17.2. The Hall–Kier alpha value is -3.08. The summed E-state index contributed by atoms with van der Waals surface area (Å²) in [7, 11) is 0. The number of carbonyl (C=O) groups excluding carboxylic acids is 1. The van der Waals surface area contributed by atoms with Crippen molar-refractivity contribution >= 4 is 11.6 Å². The number of benzene rings is 2. The van der Waals surface area contributed by atoms with Crippen LogP contribution in [0.4, 0.5) is 5.69 Å². The van der Waals surface area contributed by atoms with Crippen molar-refractivity contribution < 1.29 is 14.1 Å². The van der Waals surface area contributed by atoms with E-state index in [1.54, 1.807) is 0 Å². The largest absolute Gasteiger partial charge is 0.486 e. The molecule has 0 spiro atoms. The highest BCUT2D eigenvalue weighted by molar-refractivity contribution is 5.94. The number of aryl methyl sites for hydroxylation is 2. The average molecular weight is 334 g/mol. The van der Waals surface area contributed by atoms with Gasteiger partial charge in [-0.2, -0.15) is 0 Å². The molecule has 0 radical (unpaired) electrons. The van der Waals surface area contributed by atoms with Gasteiger partial charge in [0.2, 0.25) is 5.91 Å². The molecule has 25 heavy (non-hydrogen) atoms. The maximum Gasteiger partial charge on any atom is 0.224 e. The van der Waals surface area contributed by atoms with Crippen molar-refractivity contribution in [2.24, 2.45) is 0 Å². The topological polar surface area (TPSA) is 64.4 Å². The predicted octanol–water partition coefficient (Wildman–Crippen LogP) is 4.11. The van der Waals surface area contributed by atoms with Gasteiger partial charge in [-0.1, -0.05) is 35.0 Å². The molecule has 0 aliphatic carbocycles. The van der Waals surface area contributed by atoms with Crippen LogP contribution in [0.25, 0.3) is 11.3 Å². The highest BCUT2D eigenvalue weighted by Gasteiger charge is 2.15. The van der Waals surface area contributed by atoms with Crippen molar-refractivity contribution in [3.8, 4) is 17.0 Å². The first-order chi connectivity index (χ1) is 12.2. The second-order valence-electron chi connectivity index (χ2n) is 6.20. The molecule has 0 atom stereocenters. The summed E-state index contributed by atoms with van der Waals surface area (Å²) in [5.74, 6) is 1.48. The normalized spacial score (nSPS) is 13.2. The molecule has 3 aromatic rings. The minimum Gasteiger partial charge on any atom is -0.486 e. The molecule has 1 aliphatic rings. The number of nitrogens with one attached hydrogen (secondary N) is 1. The van der Waals surface area contributed by atoms with Crippen LogP contribution in [0.5, 0.6) is 5.75 Å². The zero-order valence-corrected chi connectivity index (χ0v) is 13.9. The summed E-state index contributed by atoms with van der Waals surface area (Å²) in [6, 6.07) is 15.7. The number of carbonyl (C=O) groups is 1. The lowest BCUT2D eigenvalue weighted by Crippen LogP contribution is -2.18. The molecule has 0 saturated heterocycles. The Morgan fingerprint density at radius 2 is 1.96 bits per heavy atom. The maximum atomic E-state index is 11.4. The van der Waals surface area contributed by atoms with Crippen LogP contribution in [-0.4, -0.2) is 11.1 Å². The summed E-state index contributed by atoms with van der Waals surface area (Å²) in [5.41, 5.74) is 4.98. The van der Waals surface area contributed by atoms with Gasteiger partial charge in [-0.05, 0) is 37.1 Å². The van der Waals surface area contributed by atoms with Crippen molar-refractivity contribution in [2.45, 2.75) is 26.4 Å². The number of fused-ring (bicyclic) bond motifs is 1. The van der Waals surface area contributed by atoms with Crippen molar-refractivity contribution in [3.63, 3.8) is 0 Å². The van der Waals surface area contributed by atoms with Gasteiger partial charge in [-0.15, -0.1) is 0 Å².